The zero-order valence-electron chi connectivity index (χ0n) is 18.5. The summed E-state index contributed by atoms with van der Waals surface area (Å²) >= 11 is 0. The lowest BCUT2D eigenvalue weighted by molar-refractivity contribution is -0.137. The van der Waals surface area contributed by atoms with E-state index in [1.165, 1.54) is 0 Å². The SMILES string of the molecule is O=C(c1ccccc1)[C@@H]1[C@H]2CCCN2[C@]2(C(=O)Nc3ccccc32)[C@@]12C(=O)Nc1ccccc12. The van der Waals surface area contributed by atoms with Gasteiger partial charge >= 0.3 is 0 Å². The van der Waals surface area contributed by atoms with Gasteiger partial charge in [0.15, 0.2) is 5.78 Å². The lowest BCUT2D eigenvalue weighted by Gasteiger charge is -2.43. The molecule has 2 saturated heterocycles. The second-order valence-corrected chi connectivity index (χ2v) is 9.63. The van der Waals surface area contributed by atoms with Gasteiger partial charge in [0.2, 0.25) is 5.91 Å². The maximum atomic E-state index is 14.3. The third-order valence-electron chi connectivity index (χ3n) is 8.34. The van der Waals surface area contributed by atoms with Crippen molar-refractivity contribution in [1.29, 1.82) is 0 Å². The minimum Gasteiger partial charge on any atom is -0.325 e. The number of carbonyl (C=O) groups is 3. The average Bonchev–Trinajstić information content (AvgIpc) is 3.58. The molecular weight excluding hydrogens is 426 g/mol. The summed E-state index contributed by atoms with van der Waals surface area (Å²) in [6.45, 7) is 0.655. The first-order valence-corrected chi connectivity index (χ1v) is 11.8. The summed E-state index contributed by atoms with van der Waals surface area (Å²) in [4.78, 5) is 44.9. The third kappa shape index (κ3) is 2.04. The Labute approximate surface area is 197 Å². The molecule has 34 heavy (non-hydrogen) atoms. The molecule has 4 aliphatic rings. The zero-order chi connectivity index (χ0) is 23.1. The Balaban J connectivity index is 1.61. The molecule has 0 saturated carbocycles. The first-order chi connectivity index (χ1) is 16.6. The Kier molecular flexibility index (Phi) is 3.84. The Bertz CT molecular complexity index is 1390. The minimum atomic E-state index is -1.38. The molecule has 2 fully saturated rings. The standard InChI is InChI=1S/C28H23N3O3/c32-24(17-9-2-1-3-10-17)23-22-15-8-16-31(22)28(19-12-5-7-14-21(19)30-26(28)34)27(23)18-11-4-6-13-20(18)29-25(27)33/h1-7,9-14,22-23H,8,15-16H2,(H,29,33)(H,30,34)/t22-,23+,27-,28-/m1/s1. The van der Waals surface area contributed by atoms with E-state index in [9.17, 15) is 14.4 Å². The van der Waals surface area contributed by atoms with Gasteiger partial charge in [0.05, 0.1) is 5.92 Å². The van der Waals surface area contributed by atoms with Gasteiger partial charge in [-0.15, -0.1) is 0 Å². The number of amides is 2. The molecule has 6 heteroatoms. The van der Waals surface area contributed by atoms with Crippen molar-refractivity contribution in [1.82, 2.24) is 4.90 Å². The van der Waals surface area contributed by atoms with Gasteiger partial charge < -0.3 is 10.6 Å². The fraction of sp³-hybridized carbons (Fsp3) is 0.250. The highest BCUT2D eigenvalue weighted by molar-refractivity contribution is 6.21. The Hall–Kier alpha value is -3.77. The van der Waals surface area contributed by atoms with Gasteiger partial charge in [-0.05, 0) is 37.1 Å². The van der Waals surface area contributed by atoms with E-state index in [2.05, 4.69) is 15.5 Å². The van der Waals surface area contributed by atoms with E-state index in [-0.39, 0.29) is 23.6 Å². The van der Waals surface area contributed by atoms with Gasteiger partial charge in [-0.3, -0.25) is 19.3 Å². The van der Waals surface area contributed by atoms with Crippen LogP contribution in [-0.4, -0.2) is 35.1 Å². The molecule has 0 bridgehead atoms. The lowest BCUT2D eigenvalue weighted by Crippen LogP contribution is -2.62. The van der Waals surface area contributed by atoms with Crippen LogP contribution >= 0.6 is 0 Å². The molecule has 7 rings (SSSR count). The molecule has 2 amide bonds. The molecule has 2 spiro atoms. The number of benzene rings is 3. The molecule has 4 heterocycles. The van der Waals surface area contributed by atoms with Crippen molar-refractivity contribution in [2.24, 2.45) is 5.92 Å². The second kappa shape index (κ2) is 6.64. The van der Waals surface area contributed by atoms with Gasteiger partial charge in [0.1, 0.15) is 11.0 Å². The zero-order valence-corrected chi connectivity index (χ0v) is 18.5. The van der Waals surface area contributed by atoms with Gasteiger partial charge in [-0.1, -0.05) is 66.7 Å². The average molecular weight is 450 g/mol. The topological polar surface area (TPSA) is 78.5 Å². The molecule has 0 aliphatic carbocycles. The largest absolute Gasteiger partial charge is 0.325 e. The number of hydrogen-bond donors (Lipinski definition) is 2. The first kappa shape index (κ1) is 19.7. The summed E-state index contributed by atoms with van der Waals surface area (Å²) in [5.41, 5.74) is 0.797. The van der Waals surface area contributed by atoms with Crippen LogP contribution in [0, 0.1) is 5.92 Å². The summed E-state index contributed by atoms with van der Waals surface area (Å²) in [5.74, 6) is -1.28. The van der Waals surface area contributed by atoms with Crippen LogP contribution in [0.4, 0.5) is 11.4 Å². The highest BCUT2D eigenvalue weighted by Crippen LogP contribution is 2.67. The number of ketones is 1. The number of anilines is 2. The van der Waals surface area contributed by atoms with E-state index < -0.39 is 16.9 Å². The van der Waals surface area contributed by atoms with Gasteiger partial charge in [0, 0.05) is 28.5 Å². The second-order valence-electron chi connectivity index (χ2n) is 9.63. The van der Waals surface area contributed by atoms with E-state index >= 15 is 0 Å². The first-order valence-electron chi connectivity index (χ1n) is 11.8. The molecule has 0 unspecified atom stereocenters. The van der Waals surface area contributed by atoms with Crippen LogP contribution in [0.5, 0.6) is 0 Å². The van der Waals surface area contributed by atoms with E-state index in [1.54, 1.807) is 0 Å². The number of carbonyl (C=O) groups excluding carboxylic acids is 3. The maximum absolute atomic E-state index is 14.3. The van der Waals surface area contributed by atoms with E-state index in [0.29, 0.717) is 23.5 Å². The van der Waals surface area contributed by atoms with Gasteiger partial charge in [-0.2, -0.15) is 0 Å². The molecule has 4 atom stereocenters. The fourth-order valence-corrected chi connectivity index (χ4v) is 7.32. The summed E-state index contributed by atoms with van der Waals surface area (Å²) in [5, 5.41) is 6.13. The number of hydrogen-bond acceptors (Lipinski definition) is 4. The Morgan fingerprint density at radius 1 is 0.794 bits per heavy atom. The maximum Gasteiger partial charge on any atom is 0.251 e. The third-order valence-corrected chi connectivity index (χ3v) is 8.34. The van der Waals surface area contributed by atoms with Crippen LogP contribution in [-0.2, 0) is 20.5 Å². The predicted octanol–water partition coefficient (Wildman–Crippen LogP) is 3.70. The molecule has 3 aromatic rings. The van der Waals surface area contributed by atoms with Crippen molar-refractivity contribution in [2.75, 3.05) is 17.2 Å². The van der Waals surface area contributed by atoms with Crippen molar-refractivity contribution in [2.45, 2.75) is 29.8 Å². The number of nitrogens with zero attached hydrogens (tertiary/aromatic N) is 1. The number of fused-ring (bicyclic) bond motifs is 7. The normalized spacial score (nSPS) is 30.8. The van der Waals surface area contributed by atoms with E-state index in [1.807, 2.05) is 78.9 Å². The van der Waals surface area contributed by atoms with Crippen LogP contribution in [0.25, 0.3) is 0 Å². The summed E-state index contributed by atoms with van der Waals surface area (Å²) in [6, 6.07) is 24.1. The van der Waals surface area contributed by atoms with Crippen molar-refractivity contribution in [3.05, 3.63) is 95.6 Å². The van der Waals surface area contributed by atoms with Crippen molar-refractivity contribution in [3.8, 4) is 0 Å². The highest BCUT2D eigenvalue weighted by Gasteiger charge is 2.81. The molecule has 2 N–H and O–H groups in total. The van der Waals surface area contributed by atoms with E-state index in [4.69, 9.17) is 0 Å². The Morgan fingerprint density at radius 3 is 2.18 bits per heavy atom. The quantitative estimate of drug-likeness (QED) is 0.585. The van der Waals surface area contributed by atoms with Gasteiger partial charge in [0.25, 0.3) is 5.91 Å². The fourth-order valence-electron chi connectivity index (χ4n) is 7.32. The van der Waals surface area contributed by atoms with Crippen LogP contribution < -0.4 is 10.6 Å². The molecule has 3 aromatic carbocycles. The van der Waals surface area contributed by atoms with Crippen LogP contribution in [0.3, 0.4) is 0 Å². The summed E-state index contributed by atoms with van der Waals surface area (Å²) < 4.78 is 0. The number of para-hydroxylation sites is 2. The molecule has 6 nitrogen and oxygen atoms in total. The molecular formula is C28H23N3O3. The smallest absolute Gasteiger partial charge is 0.251 e. The number of Topliss-reactive ketones (excluding diaryl/α,β-unsaturated/α-hetero) is 1. The number of nitrogens with one attached hydrogen (secondary N) is 2. The summed E-state index contributed by atoms with van der Waals surface area (Å²) in [7, 11) is 0. The molecule has 0 aromatic heterocycles. The molecule has 4 aliphatic heterocycles. The highest BCUT2D eigenvalue weighted by atomic mass is 16.2. The number of rotatable bonds is 2. The van der Waals surface area contributed by atoms with Gasteiger partial charge in [-0.25, -0.2) is 0 Å². The monoisotopic (exact) mass is 449 g/mol. The molecule has 168 valence electrons. The van der Waals surface area contributed by atoms with Crippen molar-refractivity contribution < 1.29 is 14.4 Å². The minimum absolute atomic E-state index is 0.0848. The van der Waals surface area contributed by atoms with Crippen molar-refractivity contribution in [3.63, 3.8) is 0 Å². The Morgan fingerprint density at radius 2 is 1.41 bits per heavy atom. The molecule has 0 radical (unpaired) electrons. The van der Waals surface area contributed by atoms with Crippen LogP contribution in [0.15, 0.2) is 78.9 Å². The lowest BCUT2D eigenvalue weighted by atomic mass is 9.57. The summed E-state index contributed by atoms with van der Waals surface area (Å²) in [6.07, 6.45) is 1.64. The predicted molar refractivity (Wildman–Crippen MR) is 127 cm³/mol. The van der Waals surface area contributed by atoms with E-state index in [0.717, 1.165) is 24.0 Å². The van der Waals surface area contributed by atoms with Crippen LogP contribution in [0.2, 0.25) is 0 Å². The van der Waals surface area contributed by atoms with Crippen LogP contribution in [0.1, 0.15) is 34.3 Å². The van der Waals surface area contributed by atoms with Crippen molar-refractivity contribution >= 4 is 29.0 Å².